The molecule has 2 N–H and O–H groups in total. The average Bonchev–Trinajstić information content (AvgIpc) is 2.72. The van der Waals surface area contributed by atoms with Crippen molar-refractivity contribution >= 4 is 17.5 Å². The van der Waals surface area contributed by atoms with Crippen molar-refractivity contribution in [1.29, 1.82) is 0 Å². The summed E-state index contributed by atoms with van der Waals surface area (Å²) < 4.78 is 6.07. The second-order valence-corrected chi connectivity index (χ2v) is 8.48. The summed E-state index contributed by atoms with van der Waals surface area (Å²) in [6.45, 7) is 2.55. The molecular formula is C22H32ClNO4. The van der Waals surface area contributed by atoms with Crippen LogP contribution < -0.4 is 0 Å². The molecule has 3 rings (SSSR count). The Morgan fingerprint density at radius 2 is 1.96 bits per heavy atom. The lowest BCUT2D eigenvalue weighted by Gasteiger charge is -2.47. The number of ether oxygens (including phenoxy) is 1. The quantitative estimate of drug-likeness (QED) is 0.720. The van der Waals surface area contributed by atoms with Gasteiger partial charge in [0.15, 0.2) is 0 Å². The zero-order chi connectivity index (χ0) is 20.1. The average molecular weight is 410 g/mol. The Labute approximate surface area is 172 Å². The number of carbonyl (C=O) groups is 1. The maximum atomic E-state index is 13.5. The monoisotopic (exact) mass is 409 g/mol. The number of benzene rings is 1. The molecule has 5 nitrogen and oxygen atoms in total. The first-order chi connectivity index (χ1) is 13.5. The van der Waals surface area contributed by atoms with Crippen LogP contribution in [-0.2, 0) is 9.53 Å². The second kappa shape index (κ2) is 10.1. The smallest absolute Gasteiger partial charge is 0.226 e. The fraction of sp³-hybridized carbons (Fsp3) is 0.682. The fourth-order valence-electron chi connectivity index (χ4n) is 4.72. The summed E-state index contributed by atoms with van der Waals surface area (Å²) in [6, 6.07) is 7.76. The van der Waals surface area contributed by atoms with E-state index in [1.54, 1.807) is 0 Å². The minimum absolute atomic E-state index is 0.0113. The summed E-state index contributed by atoms with van der Waals surface area (Å²) in [7, 11) is 0. The molecule has 0 bridgehead atoms. The number of amides is 1. The molecule has 0 spiro atoms. The van der Waals surface area contributed by atoms with Gasteiger partial charge in [0.25, 0.3) is 0 Å². The predicted octanol–water partition coefficient (Wildman–Crippen LogP) is 3.71. The summed E-state index contributed by atoms with van der Waals surface area (Å²) in [5, 5.41) is 19.8. The zero-order valence-electron chi connectivity index (χ0n) is 16.6. The first kappa shape index (κ1) is 21.6. The van der Waals surface area contributed by atoms with Crippen molar-refractivity contribution in [3.8, 4) is 0 Å². The third-order valence-corrected chi connectivity index (χ3v) is 6.42. The van der Waals surface area contributed by atoms with Crippen LogP contribution in [0.25, 0.3) is 0 Å². The zero-order valence-corrected chi connectivity index (χ0v) is 17.4. The van der Waals surface area contributed by atoms with Crippen LogP contribution in [0, 0.1) is 5.92 Å². The largest absolute Gasteiger partial charge is 0.394 e. The Bertz CT molecular complexity index is 632. The molecule has 2 fully saturated rings. The predicted molar refractivity (Wildman–Crippen MR) is 109 cm³/mol. The normalized spacial score (nSPS) is 28.2. The lowest BCUT2D eigenvalue weighted by atomic mass is 9.83. The van der Waals surface area contributed by atoms with Crippen LogP contribution in [0.3, 0.4) is 0 Å². The van der Waals surface area contributed by atoms with Gasteiger partial charge >= 0.3 is 0 Å². The topological polar surface area (TPSA) is 70.0 Å². The van der Waals surface area contributed by atoms with Gasteiger partial charge < -0.3 is 19.8 Å². The Morgan fingerprint density at radius 3 is 2.57 bits per heavy atom. The van der Waals surface area contributed by atoms with E-state index in [0.29, 0.717) is 17.9 Å². The van der Waals surface area contributed by atoms with Gasteiger partial charge in [0, 0.05) is 17.5 Å². The molecule has 1 amide bonds. The van der Waals surface area contributed by atoms with Crippen LogP contribution in [0.1, 0.15) is 63.5 Å². The molecule has 28 heavy (non-hydrogen) atoms. The number of likely N-dealkylation sites (tertiary alicyclic amines) is 1. The van der Waals surface area contributed by atoms with E-state index in [-0.39, 0.29) is 36.6 Å². The molecule has 1 aromatic rings. The second-order valence-electron chi connectivity index (χ2n) is 8.04. The van der Waals surface area contributed by atoms with Crippen molar-refractivity contribution in [2.45, 2.75) is 76.2 Å². The molecule has 2 saturated heterocycles. The van der Waals surface area contributed by atoms with Crippen molar-refractivity contribution in [3.05, 3.63) is 34.9 Å². The number of aliphatic hydroxyl groups is 2. The van der Waals surface area contributed by atoms with E-state index in [1.165, 1.54) is 0 Å². The fourth-order valence-corrected chi connectivity index (χ4v) is 4.85. The standard InChI is InChI=1S/C22H32ClNO4/c1-2-19(21-5-3-4-12-28-21)24-20(15-6-9-17(23)10-7-15)11-8-16(22(24)27)13-18(26)14-25/h6-7,9-10,16,18-21,25-26H,2-5,8,11-14H2,1H3/t16-,18?,19+,20+,21?/m1/s1. The molecule has 2 heterocycles. The molecule has 1 aromatic carbocycles. The lowest BCUT2D eigenvalue weighted by molar-refractivity contribution is -0.154. The van der Waals surface area contributed by atoms with E-state index in [9.17, 15) is 15.0 Å². The minimum atomic E-state index is -0.853. The van der Waals surface area contributed by atoms with E-state index in [4.69, 9.17) is 16.3 Å². The van der Waals surface area contributed by atoms with Gasteiger partial charge in [-0.2, -0.15) is 0 Å². The number of halogens is 1. The highest BCUT2D eigenvalue weighted by Crippen LogP contribution is 2.40. The maximum Gasteiger partial charge on any atom is 0.226 e. The van der Waals surface area contributed by atoms with Gasteiger partial charge in [-0.25, -0.2) is 0 Å². The summed E-state index contributed by atoms with van der Waals surface area (Å²) in [4.78, 5) is 15.5. The first-order valence-electron chi connectivity index (χ1n) is 10.5. The Kier molecular flexibility index (Phi) is 7.75. The van der Waals surface area contributed by atoms with Gasteiger partial charge in [-0.15, -0.1) is 0 Å². The molecule has 156 valence electrons. The Hall–Kier alpha value is -1.14. The van der Waals surface area contributed by atoms with Gasteiger partial charge in [-0.3, -0.25) is 4.79 Å². The molecule has 2 aliphatic heterocycles. The summed E-state index contributed by atoms with van der Waals surface area (Å²) in [5.74, 6) is -0.192. The number of hydrogen-bond donors (Lipinski definition) is 2. The van der Waals surface area contributed by atoms with Crippen LogP contribution in [0.4, 0.5) is 0 Å². The van der Waals surface area contributed by atoms with Crippen molar-refractivity contribution in [3.63, 3.8) is 0 Å². The van der Waals surface area contributed by atoms with E-state index in [2.05, 4.69) is 6.92 Å². The third-order valence-electron chi connectivity index (χ3n) is 6.17. The number of hydrogen-bond acceptors (Lipinski definition) is 4. The SMILES string of the molecule is CC[C@@H](C1CCCCO1)N1C(=O)[C@@H](CC(O)CO)CC[C@H]1c1ccc(Cl)cc1. The number of nitrogens with zero attached hydrogens (tertiary/aromatic N) is 1. The van der Waals surface area contributed by atoms with Gasteiger partial charge in [0.05, 0.1) is 30.9 Å². The summed E-state index contributed by atoms with van der Waals surface area (Å²) in [6.07, 6.45) is 5.05. The maximum absolute atomic E-state index is 13.5. The number of aliphatic hydroxyl groups excluding tert-OH is 2. The molecule has 5 atom stereocenters. The number of piperidine rings is 1. The van der Waals surface area contributed by atoms with E-state index in [0.717, 1.165) is 44.3 Å². The van der Waals surface area contributed by atoms with Crippen molar-refractivity contribution in [2.24, 2.45) is 5.92 Å². The van der Waals surface area contributed by atoms with E-state index >= 15 is 0 Å². The van der Waals surface area contributed by atoms with Gasteiger partial charge in [0.2, 0.25) is 5.91 Å². The van der Waals surface area contributed by atoms with E-state index < -0.39 is 6.10 Å². The van der Waals surface area contributed by atoms with Crippen LogP contribution in [0.5, 0.6) is 0 Å². The highest BCUT2D eigenvalue weighted by atomic mass is 35.5. The molecular weight excluding hydrogens is 378 g/mol. The van der Waals surface area contributed by atoms with Gasteiger partial charge in [0.1, 0.15) is 0 Å². The van der Waals surface area contributed by atoms with Crippen molar-refractivity contribution < 1.29 is 19.7 Å². The molecule has 2 unspecified atom stereocenters. The van der Waals surface area contributed by atoms with Crippen LogP contribution in [0.2, 0.25) is 5.02 Å². The molecule has 2 aliphatic rings. The number of carbonyl (C=O) groups excluding carboxylic acids is 1. The van der Waals surface area contributed by atoms with Crippen LogP contribution in [0.15, 0.2) is 24.3 Å². The Morgan fingerprint density at radius 1 is 1.21 bits per heavy atom. The minimum Gasteiger partial charge on any atom is -0.394 e. The highest BCUT2D eigenvalue weighted by Gasteiger charge is 2.42. The molecule has 6 heteroatoms. The summed E-state index contributed by atoms with van der Waals surface area (Å²) >= 11 is 6.07. The van der Waals surface area contributed by atoms with Crippen LogP contribution >= 0.6 is 11.6 Å². The van der Waals surface area contributed by atoms with Crippen molar-refractivity contribution in [2.75, 3.05) is 13.2 Å². The molecule has 0 saturated carbocycles. The van der Waals surface area contributed by atoms with Crippen LogP contribution in [-0.4, -0.2) is 52.5 Å². The summed E-state index contributed by atoms with van der Waals surface area (Å²) in [5.41, 5.74) is 1.09. The first-order valence-corrected chi connectivity index (χ1v) is 10.9. The lowest BCUT2D eigenvalue weighted by Crippen LogP contribution is -2.54. The molecule has 0 aromatic heterocycles. The Balaban J connectivity index is 1.89. The van der Waals surface area contributed by atoms with Gasteiger partial charge in [-0.1, -0.05) is 30.7 Å². The van der Waals surface area contributed by atoms with Gasteiger partial charge in [-0.05, 0) is 62.6 Å². The third kappa shape index (κ3) is 4.88. The highest BCUT2D eigenvalue weighted by molar-refractivity contribution is 6.30. The number of rotatable bonds is 7. The molecule has 0 radical (unpaired) electrons. The van der Waals surface area contributed by atoms with E-state index in [1.807, 2.05) is 29.2 Å². The molecule has 0 aliphatic carbocycles. The van der Waals surface area contributed by atoms with Crippen molar-refractivity contribution in [1.82, 2.24) is 4.90 Å².